The van der Waals surface area contributed by atoms with Crippen molar-refractivity contribution in [2.24, 2.45) is 0 Å². The maximum absolute atomic E-state index is 13.0. The van der Waals surface area contributed by atoms with Gasteiger partial charge in [0.2, 0.25) is 0 Å². The van der Waals surface area contributed by atoms with Crippen molar-refractivity contribution in [3.63, 3.8) is 0 Å². The number of aromatic nitrogens is 3. The Hall–Kier alpha value is -1.95. The van der Waals surface area contributed by atoms with Crippen LogP contribution in [0.4, 0.5) is 0 Å². The number of aryl methyl sites for hydroxylation is 2. The fourth-order valence-electron chi connectivity index (χ4n) is 4.06. The highest BCUT2D eigenvalue weighted by molar-refractivity contribution is 5.93. The molecule has 128 valence electrons. The highest BCUT2D eigenvalue weighted by Gasteiger charge is 2.30. The van der Waals surface area contributed by atoms with Crippen molar-refractivity contribution in [2.75, 3.05) is 26.2 Å². The first kappa shape index (κ1) is 15.6. The molecule has 1 atom stereocenters. The van der Waals surface area contributed by atoms with Crippen LogP contribution in [0.15, 0.2) is 12.1 Å². The van der Waals surface area contributed by atoms with Gasteiger partial charge in [-0.1, -0.05) is 0 Å². The van der Waals surface area contributed by atoms with Crippen molar-refractivity contribution in [2.45, 2.75) is 45.6 Å². The summed E-state index contributed by atoms with van der Waals surface area (Å²) < 4.78 is 1.80. The quantitative estimate of drug-likeness (QED) is 0.847. The van der Waals surface area contributed by atoms with E-state index in [2.05, 4.69) is 15.0 Å². The number of nitrogens with zero attached hydrogens (tertiary/aromatic N) is 5. The lowest BCUT2D eigenvalue weighted by Gasteiger charge is -2.37. The second-order valence-corrected chi connectivity index (χ2v) is 7.13. The zero-order valence-electron chi connectivity index (χ0n) is 14.5. The molecular formula is C18H25N5O. The summed E-state index contributed by atoms with van der Waals surface area (Å²) in [6.45, 7) is 7.97. The van der Waals surface area contributed by atoms with Crippen LogP contribution < -0.4 is 0 Å². The predicted molar refractivity (Wildman–Crippen MR) is 92.2 cm³/mol. The van der Waals surface area contributed by atoms with Crippen LogP contribution in [0.25, 0.3) is 5.65 Å². The minimum atomic E-state index is 0.0587. The molecule has 2 aromatic heterocycles. The van der Waals surface area contributed by atoms with E-state index in [1.165, 1.54) is 32.4 Å². The van der Waals surface area contributed by atoms with E-state index < -0.39 is 0 Å². The minimum Gasteiger partial charge on any atom is -0.336 e. The zero-order chi connectivity index (χ0) is 16.7. The van der Waals surface area contributed by atoms with Gasteiger partial charge in [0, 0.05) is 30.9 Å². The first-order chi connectivity index (χ1) is 11.6. The van der Waals surface area contributed by atoms with Crippen molar-refractivity contribution in [3.05, 3.63) is 29.2 Å². The molecule has 24 heavy (non-hydrogen) atoms. The van der Waals surface area contributed by atoms with Gasteiger partial charge in [0.1, 0.15) is 5.69 Å². The predicted octanol–water partition coefficient (Wildman–Crippen LogP) is 2.05. The smallest absolute Gasteiger partial charge is 0.272 e. The number of carbonyl (C=O) groups is 1. The number of likely N-dealkylation sites (tertiary alicyclic amines) is 2. The summed E-state index contributed by atoms with van der Waals surface area (Å²) in [6, 6.07) is 4.31. The van der Waals surface area contributed by atoms with Gasteiger partial charge in [-0.3, -0.25) is 9.69 Å². The standard InChI is InChI=1S/C18H25N5O/c1-13-10-17-19-16(11-14(2)23(17)20-13)18(24)22-9-5-6-15(12-22)21-7-3-4-8-21/h10-11,15H,3-9,12H2,1-2H3. The molecule has 1 unspecified atom stereocenters. The third-order valence-corrected chi connectivity index (χ3v) is 5.29. The van der Waals surface area contributed by atoms with E-state index >= 15 is 0 Å². The van der Waals surface area contributed by atoms with Crippen LogP contribution in [0.5, 0.6) is 0 Å². The third-order valence-electron chi connectivity index (χ3n) is 5.29. The molecule has 2 aliphatic rings. The molecule has 2 aliphatic heterocycles. The van der Waals surface area contributed by atoms with Gasteiger partial charge in [-0.2, -0.15) is 5.10 Å². The third kappa shape index (κ3) is 2.79. The molecule has 0 aromatic carbocycles. The van der Waals surface area contributed by atoms with Gasteiger partial charge >= 0.3 is 0 Å². The van der Waals surface area contributed by atoms with E-state index in [1.807, 2.05) is 30.9 Å². The fraction of sp³-hybridized carbons (Fsp3) is 0.611. The zero-order valence-corrected chi connectivity index (χ0v) is 14.5. The van der Waals surface area contributed by atoms with Crippen LogP contribution in [0, 0.1) is 13.8 Å². The molecule has 4 heterocycles. The van der Waals surface area contributed by atoms with Crippen LogP contribution in [-0.4, -0.2) is 62.5 Å². The maximum atomic E-state index is 13.0. The molecule has 0 aliphatic carbocycles. The van der Waals surface area contributed by atoms with Gasteiger partial charge in [-0.15, -0.1) is 0 Å². The van der Waals surface area contributed by atoms with Crippen LogP contribution in [-0.2, 0) is 0 Å². The summed E-state index contributed by atoms with van der Waals surface area (Å²) in [7, 11) is 0. The van der Waals surface area contributed by atoms with Crippen molar-refractivity contribution in [1.29, 1.82) is 0 Å². The Morgan fingerprint density at radius 3 is 2.71 bits per heavy atom. The van der Waals surface area contributed by atoms with Crippen molar-refractivity contribution in [1.82, 2.24) is 24.4 Å². The summed E-state index contributed by atoms with van der Waals surface area (Å²) >= 11 is 0. The fourth-order valence-corrected chi connectivity index (χ4v) is 4.06. The second-order valence-electron chi connectivity index (χ2n) is 7.13. The van der Waals surface area contributed by atoms with Gasteiger partial charge in [-0.25, -0.2) is 9.50 Å². The molecule has 6 heteroatoms. The van der Waals surface area contributed by atoms with E-state index in [0.29, 0.717) is 11.7 Å². The Morgan fingerprint density at radius 1 is 1.12 bits per heavy atom. The van der Waals surface area contributed by atoms with E-state index in [1.54, 1.807) is 4.52 Å². The highest BCUT2D eigenvalue weighted by atomic mass is 16.2. The number of hydrogen-bond acceptors (Lipinski definition) is 4. The first-order valence-electron chi connectivity index (χ1n) is 8.99. The van der Waals surface area contributed by atoms with Crippen LogP contribution in [0.3, 0.4) is 0 Å². The number of amides is 1. The molecule has 2 fully saturated rings. The van der Waals surface area contributed by atoms with Gasteiger partial charge < -0.3 is 4.90 Å². The molecule has 6 nitrogen and oxygen atoms in total. The summed E-state index contributed by atoms with van der Waals surface area (Å²) in [5, 5.41) is 4.41. The minimum absolute atomic E-state index is 0.0587. The lowest BCUT2D eigenvalue weighted by Crippen LogP contribution is -2.49. The SMILES string of the molecule is Cc1cc2nc(C(=O)N3CCCC(N4CCCC4)C3)cc(C)n2n1. The Bertz CT molecular complexity index is 762. The molecule has 4 rings (SSSR count). The van der Waals surface area contributed by atoms with Gasteiger partial charge in [0.15, 0.2) is 5.65 Å². The van der Waals surface area contributed by atoms with Crippen LogP contribution in [0.2, 0.25) is 0 Å². The number of hydrogen-bond donors (Lipinski definition) is 0. The van der Waals surface area contributed by atoms with E-state index in [0.717, 1.165) is 36.5 Å². The highest BCUT2D eigenvalue weighted by Crippen LogP contribution is 2.22. The average molecular weight is 327 g/mol. The second kappa shape index (κ2) is 6.16. The number of rotatable bonds is 2. The molecule has 0 spiro atoms. The lowest BCUT2D eigenvalue weighted by atomic mass is 10.0. The van der Waals surface area contributed by atoms with Crippen molar-refractivity contribution < 1.29 is 4.79 Å². The molecule has 1 amide bonds. The first-order valence-corrected chi connectivity index (χ1v) is 8.99. The molecular weight excluding hydrogens is 302 g/mol. The van der Waals surface area contributed by atoms with Crippen LogP contribution >= 0.6 is 0 Å². The van der Waals surface area contributed by atoms with E-state index in [-0.39, 0.29) is 5.91 Å². The number of piperidine rings is 1. The molecule has 0 saturated carbocycles. The molecule has 0 radical (unpaired) electrons. The molecule has 2 aromatic rings. The Morgan fingerprint density at radius 2 is 1.92 bits per heavy atom. The van der Waals surface area contributed by atoms with Gasteiger partial charge in [0.05, 0.1) is 5.69 Å². The molecule has 0 N–H and O–H groups in total. The van der Waals surface area contributed by atoms with E-state index in [9.17, 15) is 4.79 Å². The summed E-state index contributed by atoms with van der Waals surface area (Å²) in [5.41, 5.74) is 3.16. The van der Waals surface area contributed by atoms with Crippen molar-refractivity contribution >= 4 is 11.6 Å². The average Bonchev–Trinajstić information content (AvgIpc) is 3.23. The van der Waals surface area contributed by atoms with Gasteiger partial charge in [0.25, 0.3) is 5.91 Å². The number of fused-ring (bicyclic) bond motifs is 1. The Balaban J connectivity index is 1.56. The largest absolute Gasteiger partial charge is 0.336 e. The monoisotopic (exact) mass is 327 g/mol. The van der Waals surface area contributed by atoms with Crippen LogP contribution in [0.1, 0.15) is 47.6 Å². The topological polar surface area (TPSA) is 53.7 Å². The molecule has 0 bridgehead atoms. The Labute approximate surface area is 142 Å². The van der Waals surface area contributed by atoms with Crippen molar-refractivity contribution in [3.8, 4) is 0 Å². The van der Waals surface area contributed by atoms with Gasteiger partial charge in [-0.05, 0) is 58.7 Å². The maximum Gasteiger partial charge on any atom is 0.272 e. The number of carbonyl (C=O) groups excluding carboxylic acids is 1. The Kier molecular flexibility index (Phi) is 4.00. The molecule has 2 saturated heterocycles. The summed E-state index contributed by atoms with van der Waals surface area (Å²) in [5.74, 6) is 0.0587. The summed E-state index contributed by atoms with van der Waals surface area (Å²) in [6.07, 6.45) is 4.88. The summed E-state index contributed by atoms with van der Waals surface area (Å²) in [4.78, 5) is 22.1. The lowest BCUT2D eigenvalue weighted by molar-refractivity contribution is 0.0602. The normalized spacial score (nSPS) is 22.4. The van der Waals surface area contributed by atoms with E-state index in [4.69, 9.17) is 0 Å².